The first-order valence-electron chi connectivity index (χ1n) is 7.50. The third-order valence-corrected chi connectivity index (χ3v) is 4.50. The molecule has 0 unspecified atom stereocenters. The summed E-state index contributed by atoms with van der Waals surface area (Å²) < 4.78 is 14.5. The van der Waals surface area contributed by atoms with Crippen molar-refractivity contribution in [2.24, 2.45) is 5.10 Å². The highest BCUT2D eigenvalue weighted by Gasteiger charge is 2.11. The van der Waals surface area contributed by atoms with Gasteiger partial charge in [0.2, 0.25) is 5.95 Å². The first-order valence-corrected chi connectivity index (χ1v) is 8.32. The van der Waals surface area contributed by atoms with Crippen LogP contribution in [0.15, 0.2) is 63.6 Å². The molecule has 0 aliphatic carbocycles. The lowest BCUT2D eigenvalue weighted by Crippen LogP contribution is -1.98. The monoisotopic (exact) mass is 371 g/mol. The van der Waals surface area contributed by atoms with Crippen molar-refractivity contribution in [3.8, 4) is 0 Å². The Kier molecular flexibility index (Phi) is 4.99. The summed E-state index contributed by atoms with van der Waals surface area (Å²) >= 11 is 1.35. The number of nitrogens with two attached hydrogens (primary N) is 1. The molecule has 2 aromatic carbocycles. The van der Waals surface area contributed by atoms with Crippen molar-refractivity contribution in [1.82, 2.24) is 9.66 Å². The van der Waals surface area contributed by atoms with E-state index in [0.29, 0.717) is 11.3 Å². The van der Waals surface area contributed by atoms with E-state index < -0.39 is 4.92 Å². The molecule has 0 bridgehead atoms. The van der Waals surface area contributed by atoms with Crippen LogP contribution in [-0.2, 0) is 0 Å². The quantitative estimate of drug-likeness (QED) is 0.417. The fraction of sp³-hybridized carbons (Fsp3) is 0.0588. The van der Waals surface area contributed by atoms with Crippen molar-refractivity contribution in [1.29, 1.82) is 0 Å². The molecule has 1 heterocycles. The number of hydrogen-bond acceptors (Lipinski definition) is 6. The zero-order valence-corrected chi connectivity index (χ0v) is 14.5. The van der Waals surface area contributed by atoms with Gasteiger partial charge in [-0.05, 0) is 37.3 Å². The highest BCUT2D eigenvalue weighted by molar-refractivity contribution is 7.99. The van der Waals surface area contributed by atoms with Crippen molar-refractivity contribution in [2.75, 3.05) is 5.73 Å². The Morgan fingerprint density at radius 1 is 1.31 bits per heavy atom. The van der Waals surface area contributed by atoms with Crippen LogP contribution in [0, 0.1) is 22.9 Å². The number of non-ortho nitro benzene ring substituents is 1. The average Bonchev–Trinajstić information content (AvgIpc) is 2.93. The van der Waals surface area contributed by atoms with Crippen LogP contribution in [0.1, 0.15) is 11.3 Å². The van der Waals surface area contributed by atoms with Crippen molar-refractivity contribution >= 4 is 29.6 Å². The zero-order valence-electron chi connectivity index (χ0n) is 13.7. The Balaban J connectivity index is 1.97. The molecule has 0 aliphatic rings. The molecular weight excluding hydrogens is 357 g/mol. The second kappa shape index (κ2) is 7.36. The molecule has 0 aliphatic heterocycles. The molecule has 0 saturated heterocycles. The van der Waals surface area contributed by atoms with Gasteiger partial charge in [0, 0.05) is 27.5 Å². The number of anilines is 1. The van der Waals surface area contributed by atoms with Crippen LogP contribution in [0.3, 0.4) is 0 Å². The van der Waals surface area contributed by atoms with Gasteiger partial charge in [0.25, 0.3) is 5.69 Å². The Morgan fingerprint density at radius 2 is 2.04 bits per heavy atom. The second-order valence-corrected chi connectivity index (χ2v) is 6.48. The summed E-state index contributed by atoms with van der Waals surface area (Å²) in [6.07, 6.45) is 3.13. The molecule has 0 fully saturated rings. The van der Waals surface area contributed by atoms with Crippen LogP contribution >= 0.6 is 11.8 Å². The lowest BCUT2D eigenvalue weighted by molar-refractivity contribution is -0.384. The van der Waals surface area contributed by atoms with Crippen LogP contribution in [-0.4, -0.2) is 20.8 Å². The minimum absolute atomic E-state index is 0.0512. The van der Waals surface area contributed by atoms with Crippen LogP contribution in [0.25, 0.3) is 0 Å². The number of nitro benzene ring substituents is 1. The molecule has 0 atom stereocenters. The SMILES string of the molecule is Cc1cn(N=Cc2cc([N+](=O)[O-])ccc2Sc2ccc(F)cc2)c(N)n1. The van der Waals surface area contributed by atoms with Crippen molar-refractivity contribution < 1.29 is 9.31 Å². The van der Waals surface area contributed by atoms with E-state index in [1.54, 1.807) is 31.3 Å². The maximum absolute atomic E-state index is 13.1. The number of imidazole rings is 1. The molecule has 26 heavy (non-hydrogen) atoms. The summed E-state index contributed by atoms with van der Waals surface area (Å²) in [6, 6.07) is 10.5. The van der Waals surface area contributed by atoms with E-state index in [4.69, 9.17) is 5.73 Å². The molecule has 0 spiro atoms. The largest absolute Gasteiger partial charge is 0.368 e. The first kappa shape index (κ1) is 17.6. The number of aromatic nitrogens is 2. The van der Waals surface area contributed by atoms with Gasteiger partial charge >= 0.3 is 0 Å². The Hall–Kier alpha value is -3.20. The molecule has 0 amide bonds. The number of rotatable bonds is 5. The molecule has 3 aromatic rings. The summed E-state index contributed by atoms with van der Waals surface area (Å²) in [6.45, 7) is 1.78. The Labute approximate surface area is 152 Å². The molecule has 7 nitrogen and oxygen atoms in total. The van der Waals surface area contributed by atoms with Crippen LogP contribution in [0.4, 0.5) is 16.0 Å². The van der Waals surface area contributed by atoms with E-state index in [0.717, 1.165) is 9.79 Å². The van der Waals surface area contributed by atoms with Crippen LogP contribution in [0.2, 0.25) is 0 Å². The van der Waals surface area contributed by atoms with E-state index in [9.17, 15) is 14.5 Å². The minimum atomic E-state index is -0.473. The second-order valence-electron chi connectivity index (χ2n) is 5.36. The van der Waals surface area contributed by atoms with E-state index in [2.05, 4.69) is 10.1 Å². The number of hydrogen-bond donors (Lipinski definition) is 1. The summed E-state index contributed by atoms with van der Waals surface area (Å²) in [4.78, 5) is 16.2. The fourth-order valence-electron chi connectivity index (χ4n) is 2.19. The fourth-order valence-corrected chi connectivity index (χ4v) is 3.09. The molecule has 0 saturated carbocycles. The van der Waals surface area contributed by atoms with Gasteiger partial charge in [0.1, 0.15) is 5.82 Å². The van der Waals surface area contributed by atoms with Gasteiger partial charge in [-0.1, -0.05) is 11.8 Å². The van der Waals surface area contributed by atoms with Crippen molar-refractivity contribution in [2.45, 2.75) is 16.7 Å². The van der Waals surface area contributed by atoms with Crippen molar-refractivity contribution in [3.63, 3.8) is 0 Å². The minimum Gasteiger partial charge on any atom is -0.368 e. The van der Waals surface area contributed by atoms with Gasteiger partial charge in [0.05, 0.1) is 23.0 Å². The standard InChI is InChI=1S/C17H14FN5O2S/c1-11-10-22(17(19)21-11)20-9-12-8-14(23(24)25)4-7-16(12)26-15-5-2-13(18)3-6-15/h2-10H,1H3,(H2,19,21). The maximum Gasteiger partial charge on any atom is 0.270 e. The van der Waals surface area contributed by atoms with Gasteiger partial charge in [-0.3, -0.25) is 10.1 Å². The van der Waals surface area contributed by atoms with E-state index in [1.165, 1.54) is 46.9 Å². The smallest absolute Gasteiger partial charge is 0.270 e. The van der Waals surface area contributed by atoms with Gasteiger partial charge in [-0.2, -0.15) is 5.10 Å². The van der Waals surface area contributed by atoms with Gasteiger partial charge in [-0.25, -0.2) is 14.1 Å². The van der Waals surface area contributed by atoms with E-state index >= 15 is 0 Å². The molecule has 1 aromatic heterocycles. The molecule has 3 rings (SSSR count). The van der Waals surface area contributed by atoms with Crippen LogP contribution in [0.5, 0.6) is 0 Å². The Bertz CT molecular complexity index is 985. The van der Waals surface area contributed by atoms with Gasteiger partial charge in [0.15, 0.2) is 0 Å². The number of nitrogens with zero attached hydrogens (tertiary/aromatic N) is 4. The summed E-state index contributed by atoms with van der Waals surface area (Å²) in [7, 11) is 0. The normalized spacial score (nSPS) is 11.2. The first-order chi connectivity index (χ1) is 12.4. The molecular formula is C17H14FN5O2S. The Morgan fingerprint density at radius 3 is 2.65 bits per heavy atom. The third kappa shape index (κ3) is 4.06. The lowest BCUT2D eigenvalue weighted by Gasteiger charge is -2.06. The van der Waals surface area contributed by atoms with Gasteiger partial charge in [-0.15, -0.1) is 0 Å². The summed E-state index contributed by atoms with van der Waals surface area (Å²) in [5, 5.41) is 15.3. The molecule has 132 valence electrons. The molecule has 2 N–H and O–H groups in total. The number of benzene rings is 2. The predicted molar refractivity (Wildman–Crippen MR) is 98.0 cm³/mol. The molecule has 0 radical (unpaired) electrons. The summed E-state index contributed by atoms with van der Waals surface area (Å²) in [5.74, 6) is -0.109. The van der Waals surface area contributed by atoms with E-state index in [1.807, 2.05) is 0 Å². The number of halogens is 1. The molecule has 9 heteroatoms. The number of nitrogen functional groups attached to an aromatic ring is 1. The lowest BCUT2D eigenvalue weighted by atomic mass is 10.2. The summed E-state index contributed by atoms with van der Waals surface area (Å²) in [5.41, 5.74) is 6.95. The highest BCUT2D eigenvalue weighted by atomic mass is 32.2. The highest BCUT2D eigenvalue weighted by Crippen LogP contribution is 2.32. The van der Waals surface area contributed by atoms with E-state index in [-0.39, 0.29) is 17.5 Å². The number of aryl methyl sites for hydroxylation is 1. The predicted octanol–water partition coefficient (Wildman–Crippen LogP) is 3.85. The van der Waals surface area contributed by atoms with Crippen LogP contribution < -0.4 is 5.73 Å². The van der Waals surface area contributed by atoms with Crippen molar-refractivity contribution in [3.05, 3.63) is 75.9 Å². The zero-order chi connectivity index (χ0) is 18.7. The topological polar surface area (TPSA) is 99.3 Å². The van der Waals surface area contributed by atoms with Gasteiger partial charge < -0.3 is 5.73 Å². The third-order valence-electron chi connectivity index (χ3n) is 3.40. The average molecular weight is 371 g/mol. The maximum atomic E-state index is 13.1. The number of nitro groups is 1.